The monoisotopic (exact) mass is 186 g/mol. The summed E-state index contributed by atoms with van der Waals surface area (Å²) >= 11 is 0. The average molecular weight is 186 g/mol. The summed E-state index contributed by atoms with van der Waals surface area (Å²) in [7, 11) is 3.84. The van der Waals surface area contributed by atoms with Gasteiger partial charge in [0.2, 0.25) is 0 Å². The van der Waals surface area contributed by atoms with Crippen molar-refractivity contribution in [3.8, 4) is 0 Å². The molecule has 0 radical (unpaired) electrons. The summed E-state index contributed by atoms with van der Waals surface area (Å²) in [6.07, 6.45) is 3.96. The number of hydrogen-bond acceptors (Lipinski definition) is 3. The van der Waals surface area contributed by atoms with Gasteiger partial charge >= 0.3 is 0 Å². The molecule has 0 spiro atoms. The summed E-state index contributed by atoms with van der Waals surface area (Å²) in [6.45, 7) is 3.21. The molecule has 3 unspecified atom stereocenters. The minimum absolute atomic E-state index is 0.426. The van der Waals surface area contributed by atoms with Gasteiger partial charge in [-0.1, -0.05) is 6.92 Å². The van der Waals surface area contributed by atoms with Crippen molar-refractivity contribution in [2.45, 2.75) is 44.4 Å². The van der Waals surface area contributed by atoms with E-state index < -0.39 is 0 Å². The van der Waals surface area contributed by atoms with Crippen molar-refractivity contribution in [1.29, 1.82) is 0 Å². The van der Waals surface area contributed by atoms with Gasteiger partial charge in [-0.25, -0.2) is 0 Å². The standard InChI is InChI=1S/C10H22N2O/c1-4-12-9-5-8(11-2)6-10(7-9)13-3/h8-12H,4-7H2,1-3H3. The Hall–Kier alpha value is -0.120. The third kappa shape index (κ3) is 3.25. The van der Waals surface area contributed by atoms with Crippen LogP contribution in [0.25, 0.3) is 0 Å². The normalized spacial score (nSPS) is 34.8. The topological polar surface area (TPSA) is 33.3 Å². The fraction of sp³-hybridized carbons (Fsp3) is 1.00. The lowest BCUT2D eigenvalue weighted by Crippen LogP contribution is -2.46. The van der Waals surface area contributed by atoms with Crippen LogP contribution in [-0.4, -0.2) is 38.9 Å². The molecule has 0 aliphatic heterocycles. The maximum Gasteiger partial charge on any atom is 0.0601 e. The van der Waals surface area contributed by atoms with Gasteiger partial charge in [0.25, 0.3) is 0 Å². The summed E-state index contributed by atoms with van der Waals surface area (Å²) in [6, 6.07) is 1.24. The number of hydrogen-bond donors (Lipinski definition) is 2. The van der Waals surface area contributed by atoms with Crippen molar-refractivity contribution < 1.29 is 4.74 Å². The molecule has 13 heavy (non-hydrogen) atoms. The van der Waals surface area contributed by atoms with Crippen molar-refractivity contribution in [1.82, 2.24) is 10.6 Å². The van der Waals surface area contributed by atoms with E-state index in [1.807, 2.05) is 14.2 Å². The van der Waals surface area contributed by atoms with Crippen LogP contribution < -0.4 is 10.6 Å². The van der Waals surface area contributed by atoms with E-state index >= 15 is 0 Å². The Morgan fingerprint density at radius 3 is 2.46 bits per heavy atom. The zero-order chi connectivity index (χ0) is 9.68. The third-order valence-corrected chi connectivity index (χ3v) is 2.90. The Balaban J connectivity index is 2.39. The molecule has 1 saturated carbocycles. The molecule has 1 fully saturated rings. The average Bonchev–Trinajstić information content (AvgIpc) is 2.17. The van der Waals surface area contributed by atoms with E-state index in [1.165, 1.54) is 6.42 Å². The highest BCUT2D eigenvalue weighted by atomic mass is 16.5. The Bertz CT molecular complexity index is 129. The van der Waals surface area contributed by atoms with Crippen LogP contribution in [0.1, 0.15) is 26.2 Å². The lowest BCUT2D eigenvalue weighted by Gasteiger charge is -2.34. The van der Waals surface area contributed by atoms with Gasteiger partial charge in [0.1, 0.15) is 0 Å². The van der Waals surface area contributed by atoms with E-state index in [4.69, 9.17) is 4.74 Å². The second kappa shape index (κ2) is 5.58. The molecule has 0 aromatic rings. The van der Waals surface area contributed by atoms with Gasteiger partial charge < -0.3 is 15.4 Å². The zero-order valence-electron chi connectivity index (χ0n) is 8.97. The summed E-state index contributed by atoms with van der Waals surface area (Å²) < 4.78 is 5.42. The molecule has 0 aromatic heterocycles. The van der Waals surface area contributed by atoms with Gasteiger partial charge in [-0.2, -0.15) is 0 Å². The lowest BCUT2D eigenvalue weighted by molar-refractivity contribution is 0.0476. The highest BCUT2D eigenvalue weighted by Crippen LogP contribution is 2.20. The van der Waals surface area contributed by atoms with Gasteiger partial charge in [0.05, 0.1) is 6.10 Å². The van der Waals surface area contributed by atoms with Crippen LogP contribution in [0.15, 0.2) is 0 Å². The Morgan fingerprint density at radius 2 is 1.92 bits per heavy atom. The SMILES string of the molecule is CCNC1CC(NC)CC(OC)C1. The molecule has 78 valence electrons. The maximum atomic E-state index is 5.42. The summed E-state index contributed by atoms with van der Waals surface area (Å²) in [5.74, 6) is 0. The van der Waals surface area contributed by atoms with E-state index in [2.05, 4.69) is 17.6 Å². The molecule has 1 rings (SSSR count). The summed E-state index contributed by atoms with van der Waals surface area (Å²) in [4.78, 5) is 0. The van der Waals surface area contributed by atoms with E-state index in [0.29, 0.717) is 18.2 Å². The minimum Gasteiger partial charge on any atom is -0.381 e. The van der Waals surface area contributed by atoms with Gasteiger partial charge in [-0.3, -0.25) is 0 Å². The smallest absolute Gasteiger partial charge is 0.0601 e. The van der Waals surface area contributed by atoms with Crippen LogP contribution in [0.4, 0.5) is 0 Å². The molecular weight excluding hydrogens is 164 g/mol. The van der Waals surface area contributed by atoms with E-state index in [9.17, 15) is 0 Å². The maximum absolute atomic E-state index is 5.42. The summed E-state index contributed by atoms with van der Waals surface area (Å²) in [5, 5.41) is 6.83. The molecule has 3 heteroatoms. The molecule has 0 heterocycles. The molecule has 0 aromatic carbocycles. The fourth-order valence-corrected chi connectivity index (χ4v) is 2.15. The van der Waals surface area contributed by atoms with Crippen LogP contribution in [0.2, 0.25) is 0 Å². The van der Waals surface area contributed by atoms with Crippen molar-refractivity contribution >= 4 is 0 Å². The van der Waals surface area contributed by atoms with Gasteiger partial charge in [-0.05, 0) is 32.9 Å². The Morgan fingerprint density at radius 1 is 1.23 bits per heavy atom. The molecule has 0 amide bonds. The van der Waals surface area contributed by atoms with Crippen molar-refractivity contribution in [3.05, 3.63) is 0 Å². The first-order valence-electron chi connectivity index (χ1n) is 5.23. The first-order valence-corrected chi connectivity index (χ1v) is 5.23. The second-order valence-electron chi connectivity index (χ2n) is 3.81. The van der Waals surface area contributed by atoms with Crippen LogP contribution in [-0.2, 0) is 4.74 Å². The van der Waals surface area contributed by atoms with E-state index in [-0.39, 0.29) is 0 Å². The molecule has 0 saturated heterocycles. The second-order valence-corrected chi connectivity index (χ2v) is 3.81. The molecule has 1 aliphatic carbocycles. The summed E-state index contributed by atoms with van der Waals surface area (Å²) in [5.41, 5.74) is 0. The predicted octanol–water partition coefficient (Wildman–Crippen LogP) is 0.751. The van der Waals surface area contributed by atoms with Crippen LogP contribution in [0.5, 0.6) is 0 Å². The fourth-order valence-electron chi connectivity index (χ4n) is 2.15. The minimum atomic E-state index is 0.426. The first-order chi connectivity index (χ1) is 6.30. The van der Waals surface area contributed by atoms with Gasteiger partial charge in [0.15, 0.2) is 0 Å². The molecule has 2 N–H and O–H groups in total. The molecule has 1 aliphatic rings. The molecule has 0 bridgehead atoms. The van der Waals surface area contributed by atoms with Gasteiger partial charge in [0, 0.05) is 19.2 Å². The van der Waals surface area contributed by atoms with Crippen molar-refractivity contribution in [2.24, 2.45) is 0 Å². The number of nitrogens with one attached hydrogen (secondary N) is 2. The Labute approximate surface area is 81.2 Å². The zero-order valence-corrected chi connectivity index (χ0v) is 8.97. The van der Waals surface area contributed by atoms with Crippen LogP contribution in [0.3, 0.4) is 0 Å². The molecule has 3 nitrogen and oxygen atoms in total. The molecular formula is C10H22N2O. The van der Waals surface area contributed by atoms with Gasteiger partial charge in [-0.15, -0.1) is 0 Å². The number of ether oxygens (including phenoxy) is 1. The molecule has 3 atom stereocenters. The quantitative estimate of drug-likeness (QED) is 0.680. The van der Waals surface area contributed by atoms with Crippen molar-refractivity contribution in [3.63, 3.8) is 0 Å². The van der Waals surface area contributed by atoms with Crippen LogP contribution >= 0.6 is 0 Å². The Kier molecular flexibility index (Phi) is 4.70. The largest absolute Gasteiger partial charge is 0.381 e. The first kappa shape index (κ1) is 11.0. The van der Waals surface area contributed by atoms with E-state index in [0.717, 1.165) is 19.4 Å². The van der Waals surface area contributed by atoms with Crippen LogP contribution in [0, 0.1) is 0 Å². The lowest BCUT2D eigenvalue weighted by atomic mass is 9.89. The number of methoxy groups -OCH3 is 1. The number of rotatable bonds is 4. The van der Waals surface area contributed by atoms with Crippen molar-refractivity contribution in [2.75, 3.05) is 20.7 Å². The highest BCUT2D eigenvalue weighted by molar-refractivity contribution is 4.86. The van der Waals surface area contributed by atoms with E-state index in [1.54, 1.807) is 0 Å². The highest BCUT2D eigenvalue weighted by Gasteiger charge is 2.27. The third-order valence-electron chi connectivity index (χ3n) is 2.90. The predicted molar refractivity (Wildman–Crippen MR) is 55.0 cm³/mol.